The summed E-state index contributed by atoms with van der Waals surface area (Å²) in [5.41, 5.74) is 7.64. The van der Waals surface area contributed by atoms with Crippen molar-refractivity contribution in [3.63, 3.8) is 0 Å². The maximum atomic E-state index is 6.16. The number of rotatable bonds is 4. The molecule has 1 heterocycles. The van der Waals surface area contributed by atoms with Gasteiger partial charge in [-0.2, -0.15) is 0 Å². The van der Waals surface area contributed by atoms with Crippen molar-refractivity contribution in [1.29, 1.82) is 0 Å². The zero-order valence-corrected chi connectivity index (χ0v) is 11.4. The first kappa shape index (κ1) is 11.9. The molecule has 1 aliphatic rings. The second-order valence-electron chi connectivity index (χ2n) is 4.50. The lowest BCUT2D eigenvalue weighted by Gasteiger charge is -2.07. The Kier molecular flexibility index (Phi) is 3.22. The van der Waals surface area contributed by atoms with Crippen molar-refractivity contribution in [1.82, 2.24) is 9.55 Å². The van der Waals surface area contributed by atoms with Gasteiger partial charge in [-0.1, -0.05) is 11.6 Å². The molecule has 1 aromatic heterocycles. The number of thioether (sulfide) groups is 1. The number of nitrogens with zero attached hydrogens (tertiary/aromatic N) is 2. The highest BCUT2D eigenvalue weighted by Crippen LogP contribution is 2.37. The first-order chi connectivity index (χ1) is 8.74. The van der Waals surface area contributed by atoms with Crippen molar-refractivity contribution < 1.29 is 0 Å². The quantitative estimate of drug-likeness (QED) is 0.685. The zero-order chi connectivity index (χ0) is 12.5. The highest BCUT2D eigenvalue weighted by molar-refractivity contribution is 7.98. The molecule has 0 spiro atoms. The van der Waals surface area contributed by atoms with Crippen LogP contribution in [0.4, 0.5) is 5.69 Å². The lowest BCUT2D eigenvalue weighted by molar-refractivity contribution is 0.714. The van der Waals surface area contributed by atoms with Crippen LogP contribution in [0.15, 0.2) is 35.6 Å². The summed E-state index contributed by atoms with van der Waals surface area (Å²) in [6.45, 7) is 0. The predicted molar refractivity (Wildman–Crippen MR) is 75.9 cm³/mol. The molecule has 1 saturated carbocycles. The molecule has 2 N–H and O–H groups in total. The van der Waals surface area contributed by atoms with E-state index in [4.69, 9.17) is 17.3 Å². The number of hydrogen-bond acceptors (Lipinski definition) is 3. The minimum absolute atomic E-state index is 0.671. The molecule has 1 aliphatic carbocycles. The smallest absolute Gasteiger partial charge is 0.0951 e. The van der Waals surface area contributed by atoms with Crippen molar-refractivity contribution in [2.24, 2.45) is 0 Å². The molecule has 2 aromatic rings. The monoisotopic (exact) mass is 279 g/mol. The van der Waals surface area contributed by atoms with Gasteiger partial charge in [0.25, 0.3) is 0 Å². The van der Waals surface area contributed by atoms with E-state index in [1.807, 2.05) is 24.7 Å². The number of hydrogen-bond donors (Lipinski definition) is 1. The Bertz CT molecular complexity index is 563. The van der Waals surface area contributed by atoms with Gasteiger partial charge in [-0.3, -0.25) is 0 Å². The van der Waals surface area contributed by atoms with Crippen LogP contribution in [-0.2, 0) is 5.75 Å². The second kappa shape index (κ2) is 4.86. The van der Waals surface area contributed by atoms with Gasteiger partial charge in [0.15, 0.2) is 0 Å². The molecule has 0 radical (unpaired) electrons. The maximum Gasteiger partial charge on any atom is 0.0951 e. The molecule has 0 amide bonds. The summed E-state index contributed by atoms with van der Waals surface area (Å²) in [6.07, 6.45) is 6.42. The molecule has 5 heteroatoms. The lowest BCUT2D eigenvalue weighted by atomic mass is 10.3. The first-order valence-electron chi connectivity index (χ1n) is 5.92. The van der Waals surface area contributed by atoms with Crippen LogP contribution >= 0.6 is 23.4 Å². The van der Waals surface area contributed by atoms with Gasteiger partial charge in [-0.15, -0.1) is 11.8 Å². The number of nitrogen functional groups attached to an aromatic ring is 1. The topological polar surface area (TPSA) is 43.8 Å². The zero-order valence-electron chi connectivity index (χ0n) is 9.84. The van der Waals surface area contributed by atoms with Gasteiger partial charge in [-0.25, -0.2) is 4.98 Å². The predicted octanol–water partition coefficient (Wildman–Crippen LogP) is 3.75. The maximum absolute atomic E-state index is 6.16. The summed E-state index contributed by atoms with van der Waals surface area (Å²) in [5, 5.41) is 0.720. The molecule has 0 saturated heterocycles. The molecular weight excluding hydrogens is 266 g/mol. The first-order valence-corrected chi connectivity index (χ1v) is 7.29. The van der Waals surface area contributed by atoms with Gasteiger partial charge >= 0.3 is 0 Å². The van der Waals surface area contributed by atoms with E-state index < -0.39 is 0 Å². The molecule has 1 fully saturated rings. The molecule has 0 unspecified atom stereocenters. The molecule has 94 valence electrons. The van der Waals surface area contributed by atoms with Crippen molar-refractivity contribution in [2.75, 3.05) is 5.73 Å². The normalized spacial score (nSPS) is 14.9. The number of benzene rings is 1. The van der Waals surface area contributed by atoms with Crippen LogP contribution in [0, 0.1) is 0 Å². The van der Waals surface area contributed by atoms with Crippen LogP contribution in [0.5, 0.6) is 0 Å². The van der Waals surface area contributed by atoms with Crippen LogP contribution in [-0.4, -0.2) is 9.55 Å². The molecule has 18 heavy (non-hydrogen) atoms. The van der Waals surface area contributed by atoms with Gasteiger partial charge < -0.3 is 10.3 Å². The largest absolute Gasteiger partial charge is 0.399 e. The Morgan fingerprint density at radius 1 is 1.44 bits per heavy atom. The molecule has 0 aliphatic heterocycles. The van der Waals surface area contributed by atoms with Gasteiger partial charge in [0.1, 0.15) is 0 Å². The Labute approximate surface area is 115 Å². The standard InChI is InChI=1S/C13H14ClN3S/c14-12-5-9(15)1-4-13(12)18-7-11-6-16-8-17(11)10-2-3-10/h1,4-6,8,10H,2-3,7,15H2. The van der Waals surface area contributed by atoms with Gasteiger partial charge in [-0.05, 0) is 31.0 Å². The fraction of sp³-hybridized carbons (Fsp3) is 0.308. The summed E-state index contributed by atoms with van der Waals surface area (Å²) in [6, 6.07) is 6.32. The number of halogens is 1. The van der Waals surface area contributed by atoms with E-state index in [2.05, 4.69) is 9.55 Å². The van der Waals surface area contributed by atoms with Crippen molar-refractivity contribution in [2.45, 2.75) is 29.5 Å². The van der Waals surface area contributed by atoms with E-state index in [1.54, 1.807) is 17.8 Å². The van der Waals surface area contributed by atoms with E-state index >= 15 is 0 Å². The van der Waals surface area contributed by atoms with Crippen LogP contribution in [0.3, 0.4) is 0 Å². The van der Waals surface area contributed by atoms with Crippen LogP contribution < -0.4 is 5.73 Å². The molecule has 0 atom stereocenters. The number of aromatic nitrogens is 2. The Morgan fingerprint density at radius 2 is 2.28 bits per heavy atom. The highest BCUT2D eigenvalue weighted by atomic mass is 35.5. The summed E-state index contributed by atoms with van der Waals surface area (Å²) >= 11 is 7.89. The van der Waals surface area contributed by atoms with E-state index in [0.29, 0.717) is 11.7 Å². The van der Waals surface area contributed by atoms with E-state index in [-0.39, 0.29) is 0 Å². The second-order valence-corrected chi connectivity index (χ2v) is 5.93. The van der Waals surface area contributed by atoms with E-state index in [9.17, 15) is 0 Å². The number of anilines is 1. The third kappa shape index (κ3) is 2.49. The van der Waals surface area contributed by atoms with Crippen LogP contribution in [0.25, 0.3) is 0 Å². The van der Waals surface area contributed by atoms with Gasteiger partial charge in [0, 0.05) is 34.3 Å². The van der Waals surface area contributed by atoms with Crippen molar-refractivity contribution in [3.05, 3.63) is 41.4 Å². The van der Waals surface area contributed by atoms with Crippen molar-refractivity contribution >= 4 is 29.1 Å². The van der Waals surface area contributed by atoms with Crippen LogP contribution in [0.1, 0.15) is 24.6 Å². The lowest BCUT2D eigenvalue weighted by Crippen LogP contribution is -1.97. The molecule has 3 rings (SSSR count). The Morgan fingerprint density at radius 3 is 3.00 bits per heavy atom. The molecular formula is C13H14ClN3S. The molecule has 3 nitrogen and oxygen atoms in total. The third-order valence-corrected chi connectivity index (χ3v) is 4.55. The Balaban J connectivity index is 1.71. The third-order valence-electron chi connectivity index (χ3n) is 3.02. The average Bonchev–Trinajstić information content (AvgIpc) is 3.08. The fourth-order valence-electron chi connectivity index (χ4n) is 1.91. The Hall–Kier alpha value is -1.13. The minimum Gasteiger partial charge on any atom is -0.399 e. The fourth-order valence-corrected chi connectivity index (χ4v) is 3.15. The number of nitrogens with two attached hydrogens (primary N) is 1. The van der Waals surface area contributed by atoms with Gasteiger partial charge in [0.05, 0.1) is 11.3 Å². The van der Waals surface area contributed by atoms with Crippen LogP contribution in [0.2, 0.25) is 5.02 Å². The van der Waals surface area contributed by atoms with E-state index in [0.717, 1.165) is 15.7 Å². The van der Waals surface area contributed by atoms with Gasteiger partial charge in [0.2, 0.25) is 0 Å². The average molecular weight is 280 g/mol. The number of imidazole rings is 1. The summed E-state index contributed by atoms with van der Waals surface area (Å²) in [7, 11) is 0. The summed E-state index contributed by atoms with van der Waals surface area (Å²) in [5.74, 6) is 0.889. The summed E-state index contributed by atoms with van der Waals surface area (Å²) < 4.78 is 2.28. The molecule has 1 aromatic carbocycles. The van der Waals surface area contributed by atoms with Crippen molar-refractivity contribution in [3.8, 4) is 0 Å². The minimum atomic E-state index is 0.671. The summed E-state index contributed by atoms with van der Waals surface area (Å²) in [4.78, 5) is 5.29. The SMILES string of the molecule is Nc1ccc(SCc2cncn2C2CC2)c(Cl)c1. The highest BCUT2D eigenvalue weighted by Gasteiger charge is 2.25. The van der Waals surface area contributed by atoms with E-state index in [1.165, 1.54) is 18.5 Å². The molecule has 0 bridgehead atoms.